The zero-order valence-corrected chi connectivity index (χ0v) is 14.9. The van der Waals surface area contributed by atoms with E-state index in [1.54, 1.807) is 12.4 Å². The Labute approximate surface area is 156 Å². The molecule has 3 aromatic rings. The van der Waals surface area contributed by atoms with Crippen LogP contribution in [-0.4, -0.2) is 39.7 Å². The summed E-state index contributed by atoms with van der Waals surface area (Å²) in [5.74, 6) is 0. The van der Waals surface area contributed by atoms with Gasteiger partial charge in [0.25, 0.3) is 0 Å². The standard InChI is InChI=1S/C21H25N3O.CH4/c1-15-5-6-19-18(12-15)17-7-10-23(2)11-8-20(17)24(19)14-21(25)16-4-3-9-22-13-16;/h3-6,9,12-13,21,25H,7-8,10-11,14H2,1-2H3;1H4. The average molecular weight is 351 g/mol. The quantitative estimate of drug-likeness (QED) is 0.781. The number of nitrogens with zero attached hydrogens (tertiary/aromatic N) is 3. The summed E-state index contributed by atoms with van der Waals surface area (Å²) in [7, 11) is 2.19. The second-order valence-electron chi connectivity index (χ2n) is 7.16. The van der Waals surface area contributed by atoms with Crippen LogP contribution in [0.5, 0.6) is 0 Å². The van der Waals surface area contributed by atoms with Crippen molar-refractivity contribution in [3.8, 4) is 0 Å². The van der Waals surface area contributed by atoms with Crippen LogP contribution in [0, 0.1) is 6.92 Å². The molecule has 3 heterocycles. The minimum atomic E-state index is -0.546. The van der Waals surface area contributed by atoms with E-state index >= 15 is 0 Å². The van der Waals surface area contributed by atoms with Crippen molar-refractivity contribution in [2.45, 2.75) is 39.8 Å². The second kappa shape index (κ2) is 7.60. The minimum Gasteiger partial charge on any atom is -0.386 e. The SMILES string of the molecule is C.Cc1ccc2c(c1)c1c(n2CC(O)c2cccnc2)CCN(C)CC1. The molecular weight excluding hydrogens is 322 g/mol. The summed E-state index contributed by atoms with van der Waals surface area (Å²) in [4.78, 5) is 6.54. The van der Waals surface area contributed by atoms with Gasteiger partial charge in [-0.25, -0.2) is 0 Å². The molecule has 0 spiro atoms. The van der Waals surface area contributed by atoms with Gasteiger partial charge in [0.05, 0.1) is 12.6 Å². The summed E-state index contributed by atoms with van der Waals surface area (Å²) in [6.45, 7) is 4.87. The van der Waals surface area contributed by atoms with Gasteiger partial charge in [-0.15, -0.1) is 0 Å². The number of pyridine rings is 1. The lowest BCUT2D eigenvalue weighted by molar-refractivity contribution is 0.156. The predicted molar refractivity (Wildman–Crippen MR) is 108 cm³/mol. The number of likely N-dealkylation sites (N-methyl/N-ethyl adjacent to an activating group) is 1. The molecule has 138 valence electrons. The molecule has 1 aromatic carbocycles. The van der Waals surface area contributed by atoms with Crippen LogP contribution in [0.3, 0.4) is 0 Å². The number of hydrogen-bond acceptors (Lipinski definition) is 3. The predicted octanol–water partition coefficient (Wildman–Crippen LogP) is 3.74. The molecule has 0 fully saturated rings. The summed E-state index contributed by atoms with van der Waals surface area (Å²) in [5.41, 5.74) is 6.24. The maximum absolute atomic E-state index is 10.8. The second-order valence-corrected chi connectivity index (χ2v) is 7.16. The number of aliphatic hydroxyl groups is 1. The van der Waals surface area contributed by atoms with Crippen molar-refractivity contribution in [1.82, 2.24) is 14.5 Å². The Morgan fingerprint density at radius 2 is 2.00 bits per heavy atom. The third-order valence-corrected chi connectivity index (χ3v) is 5.34. The molecule has 1 N–H and O–H groups in total. The largest absolute Gasteiger partial charge is 0.386 e. The first-order valence-corrected chi connectivity index (χ1v) is 9.00. The monoisotopic (exact) mass is 351 g/mol. The normalized spacial score (nSPS) is 16.0. The fourth-order valence-corrected chi connectivity index (χ4v) is 3.93. The van der Waals surface area contributed by atoms with Crippen LogP contribution in [-0.2, 0) is 19.4 Å². The fraction of sp³-hybridized carbons (Fsp3) is 0.409. The Hall–Kier alpha value is -2.17. The van der Waals surface area contributed by atoms with E-state index in [-0.39, 0.29) is 7.43 Å². The summed E-state index contributed by atoms with van der Waals surface area (Å²) >= 11 is 0. The molecule has 2 aromatic heterocycles. The van der Waals surface area contributed by atoms with E-state index in [4.69, 9.17) is 0 Å². The highest BCUT2D eigenvalue weighted by Gasteiger charge is 2.22. The van der Waals surface area contributed by atoms with E-state index in [0.29, 0.717) is 6.54 Å². The van der Waals surface area contributed by atoms with Crippen molar-refractivity contribution in [3.63, 3.8) is 0 Å². The van der Waals surface area contributed by atoms with Crippen LogP contribution in [0.25, 0.3) is 10.9 Å². The van der Waals surface area contributed by atoms with Crippen LogP contribution >= 0.6 is 0 Å². The van der Waals surface area contributed by atoms with Gasteiger partial charge in [0, 0.05) is 54.1 Å². The maximum Gasteiger partial charge on any atom is 0.0983 e. The molecule has 0 bridgehead atoms. The number of rotatable bonds is 3. The van der Waals surface area contributed by atoms with Crippen LogP contribution in [0.15, 0.2) is 42.7 Å². The van der Waals surface area contributed by atoms with Crippen molar-refractivity contribution in [1.29, 1.82) is 0 Å². The summed E-state index contributed by atoms with van der Waals surface area (Å²) < 4.78 is 2.33. The highest BCUT2D eigenvalue weighted by atomic mass is 16.3. The zero-order chi connectivity index (χ0) is 17.4. The van der Waals surface area contributed by atoms with E-state index in [1.807, 2.05) is 12.1 Å². The highest BCUT2D eigenvalue weighted by Crippen LogP contribution is 2.31. The van der Waals surface area contributed by atoms with Crippen molar-refractivity contribution in [2.75, 3.05) is 20.1 Å². The molecular formula is C22H29N3O. The zero-order valence-electron chi connectivity index (χ0n) is 14.9. The maximum atomic E-state index is 10.8. The van der Waals surface area contributed by atoms with E-state index < -0.39 is 6.10 Å². The Morgan fingerprint density at radius 3 is 2.77 bits per heavy atom. The summed E-state index contributed by atoms with van der Waals surface area (Å²) in [6.07, 6.45) is 5.05. The molecule has 4 heteroatoms. The van der Waals surface area contributed by atoms with Gasteiger partial charge in [-0.1, -0.05) is 25.1 Å². The van der Waals surface area contributed by atoms with Crippen LogP contribution < -0.4 is 0 Å². The topological polar surface area (TPSA) is 41.3 Å². The van der Waals surface area contributed by atoms with Crippen LogP contribution in [0.4, 0.5) is 0 Å². The van der Waals surface area contributed by atoms with Gasteiger partial charge in [-0.05, 0) is 44.2 Å². The number of benzene rings is 1. The molecule has 0 saturated heterocycles. The lowest BCUT2D eigenvalue weighted by atomic mass is 10.1. The number of aliphatic hydroxyl groups excluding tert-OH is 1. The van der Waals surface area contributed by atoms with Crippen LogP contribution in [0.1, 0.15) is 35.9 Å². The average Bonchev–Trinajstić information content (AvgIpc) is 2.76. The molecule has 1 aliphatic rings. The van der Waals surface area contributed by atoms with Crippen molar-refractivity contribution >= 4 is 10.9 Å². The number of fused-ring (bicyclic) bond motifs is 3. The van der Waals surface area contributed by atoms with Crippen molar-refractivity contribution < 1.29 is 5.11 Å². The molecule has 0 radical (unpaired) electrons. The molecule has 1 aliphatic heterocycles. The van der Waals surface area contributed by atoms with Gasteiger partial charge >= 0.3 is 0 Å². The molecule has 0 aliphatic carbocycles. The molecule has 1 atom stereocenters. The summed E-state index contributed by atoms with van der Waals surface area (Å²) in [5, 5.41) is 12.1. The minimum absolute atomic E-state index is 0. The van der Waals surface area contributed by atoms with Gasteiger partial charge < -0.3 is 14.6 Å². The van der Waals surface area contributed by atoms with Crippen LogP contribution in [0.2, 0.25) is 0 Å². The number of aryl methyl sites for hydroxylation is 1. The fourth-order valence-electron chi connectivity index (χ4n) is 3.93. The Bertz CT molecular complexity index is 885. The molecule has 26 heavy (non-hydrogen) atoms. The third kappa shape index (κ3) is 3.39. The summed E-state index contributed by atoms with van der Waals surface area (Å²) in [6, 6.07) is 10.5. The van der Waals surface area contributed by atoms with E-state index in [2.05, 4.69) is 46.6 Å². The smallest absolute Gasteiger partial charge is 0.0983 e. The number of aromatic nitrogens is 2. The van der Waals surface area contributed by atoms with E-state index in [9.17, 15) is 5.11 Å². The van der Waals surface area contributed by atoms with E-state index in [1.165, 1.54) is 27.7 Å². The lowest BCUT2D eigenvalue weighted by Crippen LogP contribution is -2.21. The Balaban J connectivity index is 0.00000196. The molecule has 4 nitrogen and oxygen atoms in total. The first-order chi connectivity index (χ1) is 12.1. The van der Waals surface area contributed by atoms with Gasteiger partial charge in [0.2, 0.25) is 0 Å². The lowest BCUT2D eigenvalue weighted by Gasteiger charge is -2.17. The third-order valence-electron chi connectivity index (χ3n) is 5.34. The van der Waals surface area contributed by atoms with Gasteiger partial charge in [-0.3, -0.25) is 4.98 Å². The first kappa shape index (κ1) is 18.6. The van der Waals surface area contributed by atoms with E-state index in [0.717, 1.165) is 31.5 Å². The van der Waals surface area contributed by atoms with Gasteiger partial charge in [-0.2, -0.15) is 0 Å². The Morgan fingerprint density at radius 1 is 1.19 bits per heavy atom. The van der Waals surface area contributed by atoms with Gasteiger partial charge in [0.1, 0.15) is 0 Å². The van der Waals surface area contributed by atoms with Crippen molar-refractivity contribution in [3.05, 3.63) is 65.1 Å². The highest BCUT2D eigenvalue weighted by molar-refractivity contribution is 5.86. The van der Waals surface area contributed by atoms with Gasteiger partial charge in [0.15, 0.2) is 0 Å². The van der Waals surface area contributed by atoms with Crippen molar-refractivity contribution in [2.24, 2.45) is 0 Å². The molecule has 4 rings (SSSR count). The molecule has 0 amide bonds. The first-order valence-electron chi connectivity index (χ1n) is 9.00. The Kier molecular flexibility index (Phi) is 5.44. The number of hydrogen-bond donors (Lipinski definition) is 1. The molecule has 1 unspecified atom stereocenters. The molecule has 0 saturated carbocycles.